The zero-order chi connectivity index (χ0) is 14.8. The fourth-order valence-electron chi connectivity index (χ4n) is 2.82. The summed E-state index contributed by atoms with van der Waals surface area (Å²) in [5, 5.41) is 9.18. The summed E-state index contributed by atoms with van der Waals surface area (Å²) in [5.41, 5.74) is 0.841. The van der Waals surface area contributed by atoms with Gasteiger partial charge < -0.3 is 5.11 Å². The second-order valence-corrected chi connectivity index (χ2v) is 8.67. The molecule has 0 aromatic carbocycles. The first kappa shape index (κ1) is 15.9. The maximum Gasteiger partial charge on any atom is 0.250 e. The highest BCUT2D eigenvalue weighted by Crippen LogP contribution is 2.30. The number of hydrogen-bond acceptors (Lipinski definition) is 4. The quantitative estimate of drug-likeness (QED) is 0.877. The second-order valence-electron chi connectivity index (χ2n) is 5.59. The van der Waals surface area contributed by atoms with Crippen molar-refractivity contribution in [3.8, 4) is 0 Å². The fourth-order valence-corrected chi connectivity index (χ4v) is 5.57. The van der Waals surface area contributed by atoms with E-state index in [4.69, 9.17) is 0 Å². The van der Waals surface area contributed by atoms with Crippen LogP contribution in [0.15, 0.2) is 10.3 Å². The Hall–Kier alpha value is -0.430. The Morgan fingerprint density at radius 2 is 2.20 bits per heavy atom. The Morgan fingerprint density at radius 1 is 1.45 bits per heavy atom. The van der Waals surface area contributed by atoms with Gasteiger partial charge in [0.05, 0.1) is 6.61 Å². The van der Waals surface area contributed by atoms with Gasteiger partial charge in [0.25, 0.3) is 0 Å². The molecule has 0 amide bonds. The van der Waals surface area contributed by atoms with E-state index >= 15 is 0 Å². The lowest BCUT2D eigenvalue weighted by atomic mass is 9.85. The Labute approximate surface area is 125 Å². The molecule has 1 aromatic heterocycles. The maximum absolute atomic E-state index is 12.4. The number of aliphatic hydroxyl groups excluding tert-OH is 1. The largest absolute Gasteiger partial charge is 0.391 e. The molecule has 2 atom stereocenters. The van der Waals surface area contributed by atoms with E-state index in [1.807, 2.05) is 6.92 Å². The third-order valence-corrected chi connectivity index (χ3v) is 7.30. The predicted molar refractivity (Wildman–Crippen MR) is 81.3 cm³/mol. The number of rotatable bonds is 5. The minimum absolute atomic E-state index is 0.0543. The lowest BCUT2D eigenvalue weighted by Gasteiger charge is -2.28. The van der Waals surface area contributed by atoms with Crippen molar-refractivity contribution in [1.82, 2.24) is 4.72 Å². The number of nitrogens with one attached hydrogen (secondary N) is 1. The maximum atomic E-state index is 12.4. The summed E-state index contributed by atoms with van der Waals surface area (Å²) in [6, 6.07) is 1.71. The molecule has 0 spiro atoms. The highest BCUT2D eigenvalue weighted by molar-refractivity contribution is 7.91. The van der Waals surface area contributed by atoms with Crippen LogP contribution in [0.4, 0.5) is 0 Å². The van der Waals surface area contributed by atoms with E-state index in [0.29, 0.717) is 10.1 Å². The van der Waals surface area contributed by atoms with E-state index in [0.717, 1.165) is 47.5 Å². The van der Waals surface area contributed by atoms with Crippen LogP contribution in [0.5, 0.6) is 0 Å². The summed E-state index contributed by atoms with van der Waals surface area (Å²) in [6.07, 6.45) is 5.28. The minimum atomic E-state index is -3.45. The lowest BCUT2D eigenvalue weighted by molar-refractivity contribution is 0.285. The van der Waals surface area contributed by atoms with Gasteiger partial charge in [0.2, 0.25) is 10.0 Å². The van der Waals surface area contributed by atoms with Crippen LogP contribution in [-0.4, -0.2) is 19.6 Å². The van der Waals surface area contributed by atoms with Crippen LogP contribution in [0.3, 0.4) is 0 Å². The van der Waals surface area contributed by atoms with Crippen molar-refractivity contribution in [2.75, 3.05) is 0 Å². The molecule has 114 valence electrons. The molecule has 0 aliphatic heterocycles. The van der Waals surface area contributed by atoms with Gasteiger partial charge in [-0.05, 0) is 37.3 Å². The van der Waals surface area contributed by atoms with Crippen molar-refractivity contribution in [2.45, 2.75) is 62.8 Å². The molecule has 2 unspecified atom stereocenters. The molecule has 4 nitrogen and oxygen atoms in total. The Balaban J connectivity index is 2.10. The van der Waals surface area contributed by atoms with Crippen molar-refractivity contribution in [3.05, 3.63) is 16.5 Å². The molecule has 1 fully saturated rings. The van der Waals surface area contributed by atoms with Crippen LogP contribution < -0.4 is 4.72 Å². The topological polar surface area (TPSA) is 66.4 Å². The first-order valence-corrected chi connectivity index (χ1v) is 9.48. The molecule has 2 N–H and O–H groups in total. The molecular formula is C14H23NO3S2. The molecule has 1 aliphatic rings. The van der Waals surface area contributed by atoms with Crippen LogP contribution >= 0.6 is 11.3 Å². The summed E-state index contributed by atoms with van der Waals surface area (Å²) in [5.74, 6) is 0.634. The Morgan fingerprint density at radius 3 is 2.80 bits per heavy atom. The fraction of sp³-hybridized carbons (Fsp3) is 0.714. The van der Waals surface area contributed by atoms with Crippen molar-refractivity contribution >= 4 is 21.4 Å². The van der Waals surface area contributed by atoms with Crippen molar-refractivity contribution in [1.29, 1.82) is 0 Å². The molecular weight excluding hydrogens is 294 g/mol. The van der Waals surface area contributed by atoms with Gasteiger partial charge in [-0.25, -0.2) is 13.1 Å². The zero-order valence-electron chi connectivity index (χ0n) is 12.1. The van der Waals surface area contributed by atoms with Crippen molar-refractivity contribution in [2.24, 2.45) is 5.92 Å². The molecule has 1 heterocycles. The highest BCUT2D eigenvalue weighted by Gasteiger charge is 2.27. The van der Waals surface area contributed by atoms with E-state index in [1.165, 1.54) is 6.42 Å². The van der Waals surface area contributed by atoms with E-state index in [-0.39, 0.29) is 12.6 Å². The summed E-state index contributed by atoms with van der Waals surface area (Å²) in [7, 11) is -3.45. The number of aliphatic hydroxyl groups is 1. The highest BCUT2D eigenvalue weighted by atomic mass is 32.2. The lowest BCUT2D eigenvalue weighted by Crippen LogP contribution is -2.38. The first-order chi connectivity index (χ1) is 9.46. The average Bonchev–Trinajstić information content (AvgIpc) is 2.80. The van der Waals surface area contributed by atoms with Crippen LogP contribution in [0.2, 0.25) is 0 Å². The van der Waals surface area contributed by atoms with Gasteiger partial charge >= 0.3 is 0 Å². The van der Waals surface area contributed by atoms with Crippen molar-refractivity contribution < 1.29 is 13.5 Å². The van der Waals surface area contributed by atoms with Gasteiger partial charge in [-0.1, -0.05) is 26.2 Å². The number of sulfonamides is 1. The SMILES string of the molecule is CCC1CCCC(NS(=O)(=O)c2cc(C)c(CO)s2)C1. The monoisotopic (exact) mass is 317 g/mol. The molecule has 0 saturated heterocycles. The van der Waals surface area contributed by atoms with Gasteiger partial charge in [0, 0.05) is 10.9 Å². The third-order valence-electron chi connectivity index (χ3n) is 4.09. The second kappa shape index (κ2) is 6.56. The number of thiophene rings is 1. The average molecular weight is 317 g/mol. The third kappa shape index (κ3) is 3.61. The van der Waals surface area contributed by atoms with Gasteiger partial charge in [-0.3, -0.25) is 0 Å². The summed E-state index contributed by atoms with van der Waals surface area (Å²) >= 11 is 1.16. The van der Waals surface area contributed by atoms with Gasteiger partial charge in [0.15, 0.2) is 0 Å². The Kier molecular flexibility index (Phi) is 5.23. The zero-order valence-corrected chi connectivity index (χ0v) is 13.7. The van der Waals surface area contributed by atoms with Crippen LogP contribution in [0, 0.1) is 12.8 Å². The van der Waals surface area contributed by atoms with Crippen molar-refractivity contribution in [3.63, 3.8) is 0 Å². The van der Waals surface area contributed by atoms with E-state index in [1.54, 1.807) is 6.07 Å². The van der Waals surface area contributed by atoms with E-state index < -0.39 is 10.0 Å². The molecule has 2 rings (SSSR count). The molecule has 6 heteroatoms. The molecule has 1 aromatic rings. The molecule has 1 saturated carbocycles. The smallest absolute Gasteiger partial charge is 0.250 e. The summed E-state index contributed by atoms with van der Waals surface area (Å²) < 4.78 is 27.9. The Bertz CT molecular complexity index is 551. The standard InChI is InChI=1S/C14H23NO3S2/c1-3-11-5-4-6-12(8-11)15-20(17,18)14-7-10(2)13(9-16)19-14/h7,11-12,15-16H,3-6,8-9H2,1-2H3. The van der Waals surface area contributed by atoms with Crippen LogP contribution in [0.1, 0.15) is 49.5 Å². The predicted octanol–water partition coefficient (Wildman–Crippen LogP) is 2.80. The first-order valence-electron chi connectivity index (χ1n) is 7.18. The van der Waals surface area contributed by atoms with Gasteiger partial charge in [0.1, 0.15) is 4.21 Å². The van der Waals surface area contributed by atoms with Crippen LogP contribution in [-0.2, 0) is 16.6 Å². The molecule has 20 heavy (non-hydrogen) atoms. The van der Waals surface area contributed by atoms with Gasteiger partial charge in [-0.2, -0.15) is 0 Å². The normalized spacial score (nSPS) is 23.9. The number of aryl methyl sites for hydroxylation is 1. The molecule has 0 bridgehead atoms. The molecule has 0 radical (unpaired) electrons. The van der Waals surface area contributed by atoms with Gasteiger partial charge in [-0.15, -0.1) is 11.3 Å². The summed E-state index contributed by atoms with van der Waals surface area (Å²) in [6.45, 7) is 3.89. The van der Waals surface area contributed by atoms with E-state index in [2.05, 4.69) is 11.6 Å². The minimum Gasteiger partial charge on any atom is -0.391 e. The number of hydrogen-bond donors (Lipinski definition) is 2. The summed E-state index contributed by atoms with van der Waals surface area (Å²) in [4.78, 5) is 0.723. The van der Waals surface area contributed by atoms with E-state index in [9.17, 15) is 13.5 Å². The van der Waals surface area contributed by atoms with Crippen LogP contribution in [0.25, 0.3) is 0 Å². The molecule has 1 aliphatic carbocycles.